The molecule has 0 radical (unpaired) electrons. The Labute approximate surface area is 118 Å². The molecule has 0 spiro atoms. The molecule has 4 nitrogen and oxygen atoms in total. The maximum Gasteiger partial charge on any atom is 0.387 e. The largest absolute Gasteiger partial charge is 0.465 e. The highest BCUT2D eigenvalue weighted by Crippen LogP contribution is 2.29. The van der Waals surface area contributed by atoms with Crippen LogP contribution in [-0.4, -0.2) is 24.7 Å². The van der Waals surface area contributed by atoms with Crippen molar-refractivity contribution >= 4 is 17.3 Å². The van der Waals surface area contributed by atoms with Gasteiger partial charge in [-0.15, -0.1) is 11.3 Å². The first-order chi connectivity index (χ1) is 9.51. The van der Waals surface area contributed by atoms with E-state index in [1.165, 1.54) is 30.6 Å². The van der Waals surface area contributed by atoms with Crippen molar-refractivity contribution in [2.24, 2.45) is 0 Å². The van der Waals surface area contributed by atoms with E-state index in [0.717, 1.165) is 5.56 Å². The highest BCUT2D eigenvalue weighted by Gasteiger charge is 2.16. The molecule has 106 valence electrons. The predicted molar refractivity (Wildman–Crippen MR) is 70.3 cm³/mol. The summed E-state index contributed by atoms with van der Waals surface area (Å²) < 4.78 is 33.0. The third-order valence-electron chi connectivity index (χ3n) is 2.49. The van der Waals surface area contributed by atoms with E-state index in [9.17, 15) is 13.6 Å². The molecule has 0 fully saturated rings. The molecule has 2 aromatic rings. The SMILES string of the molecule is COC(=O)c1sc(-c2ccc(OC(F)F)cc2)nc1C. The summed E-state index contributed by atoms with van der Waals surface area (Å²) in [6.07, 6.45) is 0. The standard InChI is InChI=1S/C13H11F2NO3S/c1-7-10(12(17)18-2)20-11(16-7)8-3-5-9(6-4-8)19-13(14)15/h3-6,13H,1-2H3. The summed E-state index contributed by atoms with van der Waals surface area (Å²) in [5, 5.41) is 0.617. The Morgan fingerprint density at radius 1 is 1.30 bits per heavy atom. The van der Waals surface area contributed by atoms with Gasteiger partial charge in [0.2, 0.25) is 0 Å². The topological polar surface area (TPSA) is 48.4 Å². The number of nitrogens with zero attached hydrogens (tertiary/aromatic N) is 1. The molecular formula is C13H11F2NO3S. The highest BCUT2D eigenvalue weighted by atomic mass is 32.1. The number of ether oxygens (including phenoxy) is 2. The number of benzene rings is 1. The highest BCUT2D eigenvalue weighted by molar-refractivity contribution is 7.17. The smallest absolute Gasteiger partial charge is 0.387 e. The number of hydrogen-bond acceptors (Lipinski definition) is 5. The van der Waals surface area contributed by atoms with Crippen molar-refractivity contribution in [1.29, 1.82) is 0 Å². The van der Waals surface area contributed by atoms with E-state index in [-0.39, 0.29) is 5.75 Å². The summed E-state index contributed by atoms with van der Waals surface area (Å²) >= 11 is 1.19. The zero-order valence-electron chi connectivity index (χ0n) is 10.7. The van der Waals surface area contributed by atoms with Crippen molar-refractivity contribution in [2.45, 2.75) is 13.5 Å². The summed E-state index contributed by atoms with van der Waals surface area (Å²) in [6, 6.07) is 6.07. The molecule has 1 aromatic heterocycles. The normalized spacial score (nSPS) is 10.7. The maximum absolute atomic E-state index is 12.0. The van der Waals surface area contributed by atoms with Gasteiger partial charge < -0.3 is 9.47 Å². The fourth-order valence-corrected chi connectivity index (χ4v) is 2.57. The van der Waals surface area contributed by atoms with Crippen molar-refractivity contribution in [3.05, 3.63) is 34.8 Å². The third kappa shape index (κ3) is 3.11. The number of rotatable bonds is 4. The minimum absolute atomic E-state index is 0.0743. The summed E-state index contributed by atoms with van der Waals surface area (Å²) in [6.45, 7) is -1.14. The van der Waals surface area contributed by atoms with Crippen molar-refractivity contribution in [2.75, 3.05) is 7.11 Å². The molecule has 0 saturated carbocycles. The van der Waals surface area contributed by atoms with Crippen LogP contribution < -0.4 is 4.74 Å². The summed E-state index contributed by atoms with van der Waals surface area (Å²) in [7, 11) is 1.30. The van der Waals surface area contributed by atoms with Gasteiger partial charge in [0.05, 0.1) is 12.8 Å². The molecule has 0 saturated heterocycles. The van der Waals surface area contributed by atoms with E-state index in [1.54, 1.807) is 19.1 Å². The molecule has 2 rings (SSSR count). The van der Waals surface area contributed by atoms with Crippen LogP contribution in [0.2, 0.25) is 0 Å². The average Bonchev–Trinajstić information content (AvgIpc) is 2.80. The molecule has 7 heteroatoms. The number of hydrogen-bond donors (Lipinski definition) is 0. The van der Waals surface area contributed by atoms with Crippen LogP contribution in [0.5, 0.6) is 5.75 Å². The second-order valence-corrected chi connectivity index (χ2v) is 4.83. The number of halogens is 2. The van der Waals surface area contributed by atoms with Crippen LogP contribution in [0.15, 0.2) is 24.3 Å². The van der Waals surface area contributed by atoms with E-state index < -0.39 is 12.6 Å². The molecule has 20 heavy (non-hydrogen) atoms. The van der Waals surface area contributed by atoms with Crippen LogP contribution >= 0.6 is 11.3 Å². The summed E-state index contributed by atoms with van der Waals surface area (Å²) in [5.74, 6) is -0.367. The van der Waals surface area contributed by atoms with Gasteiger partial charge in [-0.1, -0.05) is 0 Å². The minimum atomic E-state index is -2.85. The number of carbonyl (C=O) groups is 1. The number of thiazole rings is 1. The molecule has 0 N–H and O–H groups in total. The van der Waals surface area contributed by atoms with Crippen LogP contribution in [0.25, 0.3) is 10.6 Å². The number of alkyl halides is 2. The lowest BCUT2D eigenvalue weighted by atomic mass is 10.2. The van der Waals surface area contributed by atoms with Crippen LogP contribution in [0.3, 0.4) is 0 Å². The average molecular weight is 299 g/mol. The molecule has 1 heterocycles. The van der Waals surface area contributed by atoms with Gasteiger partial charge >= 0.3 is 12.6 Å². The fraction of sp³-hybridized carbons (Fsp3) is 0.231. The van der Waals surface area contributed by atoms with Gasteiger partial charge in [0.25, 0.3) is 0 Å². The lowest BCUT2D eigenvalue weighted by Gasteiger charge is -2.04. The lowest BCUT2D eigenvalue weighted by Crippen LogP contribution is -2.01. The van der Waals surface area contributed by atoms with Gasteiger partial charge in [-0.05, 0) is 31.2 Å². The van der Waals surface area contributed by atoms with Crippen molar-refractivity contribution < 1.29 is 23.0 Å². The Morgan fingerprint density at radius 3 is 2.50 bits per heavy atom. The van der Waals surface area contributed by atoms with Crippen molar-refractivity contribution in [3.8, 4) is 16.3 Å². The van der Waals surface area contributed by atoms with Crippen LogP contribution in [-0.2, 0) is 4.74 Å². The number of carbonyl (C=O) groups excluding carboxylic acids is 1. The second-order valence-electron chi connectivity index (χ2n) is 3.83. The molecular weight excluding hydrogens is 288 g/mol. The molecule has 1 aromatic carbocycles. The van der Waals surface area contributed by atoms with Gasteiger partial charge in [-0.2, -0.15) is 8.78 Å². The molecule has 0 aliphatic carbocycles. The molecule has 0 unspecified atom stereocenters. The van der Waals surface area contributed by atoms with Crippen LogP contribution in [0.1, 0.15) is 15.4 Å². The van der Waals surface area contributed by atoms with Gasteiger partial charge in [0.1, 0.15) is 15.6 Å². The van der Waals surface area contributed by atoms with E-state index >= 15 is 0 Å². The number of aryl methyl sites for hydroxylation is 1. The zero-order chi connectivity index (χ0) is 14.7. The second kappa shape index (κ2) is 5.96. The molecule has 0 atom stereocenters. The summed E-state index contributed by atoms with van der Waals surface area (Å²) in [5.41, 5.74) is 1.29. The Hall–Kier alpha value is -2.02. The first-order valence-electron chi connectivity index (χ1n) is 5.62. The van der Waals surface area contributed by atoms with E-state index in [1.807, 2.05) is 0 Å². The number of aromatic nitrogens is 1. The lowest BCUT2D eigenvalue weighted by molar-refractivity contribution is -0.0498. The van der Waals surface area contributed by atoms with E-state index in [4.69, 9.17) is 0 Å². The predicted octanol–water partition coefficient (Wildman–Crippen LogP) is 3.51. The van der Waals surface area contributed by atoms with E-state index in [2.05, 4.69) is 14.5 Å². The van der Waals surface area contributed by atoms with Crippen LogP contribution in [0.4, 0.5) is 8.78 Å². The summed E-state index contributed by atoms with van der Waals surface area (Å²) in [4.78, 5) is 16.2. The maximum atomic E-state index is 12.0. The molecule has 0 amide bonds. The van der Waals surface area contributed by atoms with Gasteiger partial charge in [-0.3, -0.25) is 0 Å². The van der Waals surface area contributed by atoms with E-state index in [0.29, 0.717) is 15.6 Å². The number of esters is 1. The Balaban J connectivity index is 2.26. The Bertz CT molecular complexity index is 611. The van der Waals surface area contributed by atoms with Gasteiger partial charge in [-0.25, -0.2) is 9.78 Å². The first-order valence-corrected chi connectivity index (χ1v) is 6.44. The monoisotopic (exact) mass is 299 g/mol. The van der Waals surface area contributed by atoms with Crippen molar-refractivity contribution in [3.63, 3.8) is 0 Å². The quantitative estimate of drug-likeness (QED) is 0.811. The minimum Gasteiger partial charge on any atom is -0.465 e. The Kier molecular flexibility index (Phi) is 4.29. The number of methoxy groups -OCH3 is 1. The fourth-order valence-electron chi connectivity index (χ4n) is 1.58. The first kappa shape index (κ1) is 14.4. The van der Waals surface area contributed by atoms with Crippen molar-refractivity contribution in [1.82, 2.24) is 4.98 Å². The van der Waals surface area contributed by atoms with Gasteiger partial charge in [0, 0.05) is 5.56 Å². The molecule has 0 bridgehead atoms. The van der Waals surface area contributed by atoms with Gasteiger partial charge in [0.15, 0.2) is 0 Å². The third-order valence-corrected chi connectivity index (χ3v) is 3.68. The van der Waals surface area contributed by atoms with Crippen LogP contribution in [0, 0.1) is 6.92 Å². The molecule has 0 aliphatic rings. The Morgan fingerprint density at radius 2 is 1.95 bits per heavy atom. The molecule has 0 aliphatic heterocycles. The zero-order valence-corrected chi connectivity index (χ0v) is 11.5.